The van der Waals surface area contributed by atoms with E-state index in [4.69, 9.17) is 9.05 Å². The first kappa shape index (κ1) is 16.8. The molecule has 0 radical (unpaired) electrons. The zero-order valence-electron chi connectivity index (χ0n) is 12.0. The maximum absolute atomic E-state index is 12.5. The van der Waals surface area contributed by atoms with Gasteiger partial charge in [0.2, 0.25) is 5.52 Å². The normalized spacial score (nSPS) is 13.8. The highest BCUT2D eigenvalue weighted by molar-refractivity contribution is 7.71. The minimum atomic E-state index is -3.71. The summed E-state index contributed by atoms with van der Waals surface area (Å²) in [6.45, 7) is 12.4. The van der Waals surface area contributed by atoms with E-state index in [0.717, 1.165) is 0 Å². The lowest BCUT2D eigenvalue weighted by Gasteiger charge is -2.30. The molecule has 5 heteroatoms. The second kappa shape index (κ2) is 5.64. The van der Waals surface area contributed by atoms with E-state index in [2.05, 4.69) is 0 Å². The first-order chi connectivity index (χ1) is 7.40. The summed E-state index contributed by atoms with van der Waals surface area (Å²) in [7, 11) is -3.71. The van der Waals surface area contributed by atoms with Crippen LogP contribution >= 0.6 is 7.60 Å². The van der Waals surface area contributed by atoms with E-state index >= 15 is 0 Å². The number of hydrogen-bond acceptors (Lipinski definition) is 4. The Hall–Kier alpha value is -0.180. The molecule has 0 amide bonds. The zero-order valence-corrected chi connectivity index (χ0v) is 12.9. The van der Waals surface area contributed by atoms with Crippen LogP contribution in [0.2, 0.25) is 0 Å². The van der Waals surface area contributed by atoms with Crippen LogP contribution in [0.3, 0.4) is 0 Å². The van der Waals surface area contributed by atoms with Gasteiger partial charge in [-0.2, -0.15) is 0 Å². The molecular weight excluding hydrogens is 239 g/mol. The van der Waals surface area contributed by atoms with E-state index in [0.29, 0.717) is 6.42 Å². The van der Waals surface area contributed by atoms with E-state index in [1.807, 2.05) is 6.92 Å². The summed E-state index contributed by atoms with van der Waals surface area (Å²) in [5.41, 5.74) is -1.79. The fourth-order valence-corrected chi connectivity index (χ4v) is 3.37. The Bertz CT molecular complexity index is 289. The molecule has 0 rings (SSSR count). The SMILES string of the molecule is CCCC(=O)P(=O)(OC(C)(C)C)OC(C)(C)C. The standard InChI is InChI=1S/C12H25O4P/c1-8-9-10(13)17(14,15-11(2,3)4)16-12(5,6)7/h8-9H2,1-7H3. The van der Waals surface area contributed by atoms with Crippen molar-refractivity contribution in [3.05, 3.63) is 0 Å². The maximum Gasteiger partial charge on any atom is 0.397 e. The third-order valence-corrected chi connectivity index (χ3v) is 3.97. The first-order valence-electron chi connectivity index (χ1n) is 5.94. The third kappa shape index (κ3) is 6.97. The summed E-state index contributed by atoms with van der Waals surface area (Å²) in [5.74, 6) is 0. The molecule has 0 aliphatic rings. The molecular formula is C12H25O4P. The van der Waals surface area contributed by atoms with E-state index < -0.39 is 24.3 Å². The van der Waals surface area contributed by atoms with Crippen LogP contribution in [0.15, 0.2) is 0 Å². The molecule has 0 fully saturated rings. The second-order valence-corrected chi connectivity index (χ2v) is 7.91. The van der Waals surface area contributed by atoms with Gasteiger partial charge in [-0.25, -0.2) is 0 Å². The molecule has 0 aliphatic carbocycles. The fraction of sp³-hybridized carbons (Fsp3) is 0.917. The van der Waals surface area contributed by atoms with Crippen LogP contribution in [0.4, 0.5) is 0 Å². The molecule has 0 aromatic rings. The van der Waals surface area contributed by atoms with Crippen molar-refractivity contribution in [3.63, 3.8) is 0 Å². The Balaban J connectivity index is 5.08. The predicted octanol–water partition coefficient (Wildman–Crippen LogP) is 4.14. The molecule has 0 N–H and O–H groups in total. The summed E-state index contributed by atoms with van der Waals surface area (Å²) in [6.07, 6.45) is 0.841. The van der Waals surface area contributed by atoms with Gasteiger partial charge in [-0.1, -0.05) is 6.92 Å². The molecule has 0 bridgehead atoms. The van der Waals surface area contributed by atoms with Gasteiger partial charge >= 0.3 is 7.60 Å². The van der Waals surface area contributed by atoms with Gasteiger partial charge in [0.05, 0.1) is 11.2 Å². The lowest BCUT2D eigenvalue weighted by Crippen LogP contribution is -2.26. The van der Waals surface area contributed by atoms with Gasteiger partial charge in [-0.3, -0.25) is 18.4 Å². The Labute approximate surface area is 105 Å². The van der Waals surface area contributed by atoms with Crippen LogP contribution in [0.1, 0.15) is 61.3 Å². The molecule has 0 spiro atoms. The van der Waals surface area contributed by atoms with Gasteiger partial charge in [0, 0.05) is 6.42 Å². The molecule has 0 saturated carbocycles. The summed E-state index contributed by atoms with van der Waals surface area (Å²) >= 11 is 0. The average molecular weight is 264 g/mol. The van der Waals surface area contributed by atoms with Gasteiger partial charge in [-0.05, 0) is 48.0 Å². The molecule has 0 aromatic carbocycles. The van der Waals surface area contributed by atoms with E-state index in [-0.39, 0.29) is 6.42 Å². The van der Waals surface area contributed by atoms with Crippen molar-refractivity contribution in [2.75, 3.05) is 0 Å². The maximum atomic E-state index is 12.5. The third-order valence-electron chi connectivity index (χ3n) is 1.56. The number of carbonyl (C=O) groups is 1. The van der Waals surface area contributed by atoms with Gasteiger partial charge in [0.1, 0.15) is 0 Å². The Morgan fingerprint density at radius 2 is 1.35 bits per heavy atom. The number of rotatable bonds is 5. The van der Waals surface area contributed by atoms with Crippen molar-refractivity contribution in [1.29, 1.82) is 0 Å². The van der Waals surface area contributed by atoms with Crippen LogP contribution in [0.5, 0.6) is 0 Å². The fourth-order valence-electron chi connectivity index (χ4n) is 1.19. The monoisotopic (exact) mass is 264 g/mol. The highest BCUT2D eigenvalue weighted by Gasteiger charge is 2.41. The zero-order chi connectivity index (χ0) is 13.9. The topological polar surface area (TPSA) is 52.6 Å². The lowest BCUT2D eigenvalue weighted by atomic mass is 10.2. The van der Waals surface area contributed by atoms with Gasteiger partial charge < -0.3 is 0 Å². The minimum Gasteiger partial charge on any atom is -0.297 e. The summed E-state index contributed by atoms with van der Waals surface area (Å²) in [4.78, 5) is 11.9. The molecule has 102 valence electrons. The Morgan fingerprint density at radius 3 is 1.59 bits per heavy atom. The Morgan fingerprint density at radius 1 is 1.00 bits per heavy atom. The lowest BCUT2D eigenvalue weighted by molar-refractivity contribution is -0.115. The highest BCUT2D eigenvalue weighted by atomic mass is 31.2. The molecule has 0 heterocycles. The van der Waals surface area contributed by atoms with Crippen LogP contribution < -0.4 is 0 Å². The number of hydrogen-bond donors (Lipinski definition) is 0. The summed E-state index contributed by atoms with van der Waals surface area (Å²) in [5, 5.41) is 0. The highest BCUT2D eigenvalue weighted by Crippen LogP contribution is 2.55. The molecule has 4 nitrogen and oxygen atoms in total. The van der Waals surface area contributed by atoms with Gasteiger partial charge in [0.15, 0.2) is 0 Å². The molecule has 0 aromatic heterocycles. The van der Waals surface area contributed by atoms with Crippen molar-refractivity contribution in [2.45, 2.75) is 72.5 Å². The van der Waals surface area contributed by atoms with Crippen molar-refractivity contribution in [3.8, 4) is 0 Å². The van der Waals surface area contributed by atoms with Crippen molar-refractivity contribution in [2.24, 2.45) is 0 Å². The average Bonchev–Trinajstić information content (AvgIpc) is 1.96. The first-order valence-corrected chi connectivity index (χ1v) is 7.49. The summed E-state index contributed by atoms with van der Waals surface area (Å²) in [6, 6.07) is 0. The molecule has 0 unspecified atom stereocenters. The van der Waals surface area contributed by atoms with Gasteiger partial charge in [0.25, 0.3) is 0 Å². The van der Waals surface area contributed by atoms with Crippen LogP contribution in [0.25, 0.3) is 0 Å². The van der Waals surface area contributed by atoms with Crippen LogP contribution in [-0.2, 0) is 18.4 Å². The van der Waals surface area contributed by atoms with Crippen molar-refractivity contribution < 1.29 is 18.4 Å². The van der Waals surface area contributed by atoms with E-state index in [1.165, 1.54) is 0 Å². The van der Waals surface area contributed by atoms with Gasteiger partial charge in [-0.15, -0.1) is 0 Å². The largest absolute Gasteiger partial charge is 0.397 e. The predicted molar refractivity (Wildman–Crippen MR) is 69.2 cm³/mol. The Kier molecular flexibility index (Phi) is 5.58. The van der Waals surface area contributed by atoms with E-state index in [1.54, 1.807) is 41.5 Å². The quantitative estimate of drug-likeness (QED) is 0.700. The van der Waals surface area contributed by atoms with Crippen LogP contribution in [0, 0.1) is 0 Å². The second-order valence-electron chi connectivity index (χ2n) is 6.05. The minimum absolute atomic E-state index is 0.212. The molecule has 0 aliphatic heterocycles. The smallest absolute Gasteiger partial charge is 0.297 e. The molecule has 17 heavy (non-hydrogen) atoms. The number of carbonyl (C=O) groups excluding carboxylic acids is 1. The van der Waals surface area contributed by atoms with Crippen molar-refractivity contribution >= 4 is 13.1 Å². The molecule has 0 atom stereocenters. The summed E-state index contributed by atoms with van der Waals surface area (Å²) < 4.78 is 23.3. The van der Waals surface area contributed by atoms with Crippen LogP contribution in [-0.4, -0.2) is 16.7 Å². The molecule has 0 saturated heterocycles. The van der Waals surface area contributed by atoms with E-state index in [9.17, 15) is 9.36 Å². The van der Waals surface area contributed by atoms with Crippen molar-refractivity contribution in [1.82, 2.24) is 0 Å².